The highest BCUT2D eigenvalue weighted by molar-refractivity contribution is 7.97. The molecule has 0 saturated carbocycles. The van der Waals surface area contributed by atoms with Crippen LogP contribution in [0.5, 0.6) is 0 Å². The Morgan fingerprint density at radius 2 is 1.11 bits per heavy atom. The zero-order valence-electron chi connectivity index (χ0n) is 14.2. The molecule has 0 atom stereocenters. The highest BCUT2D eigenvalue weighted by atomic mass is 32.2. The Balaban J connectivity index is 1.53. The van der Waals surface area contributed by atoms with Gasteiger partial charge in [0.05, 0.1) is 11.5 Å². The van der Waals surface area contributed by atoms with Gasteiger partial charge in [-0.3, -0.25) is 19.3 Å². The molecule has 2 aromatic heterocycles. The molecule has 4 aromatic rings. The minimum absolute atomic E-state index is 0.587. The highest BCUT2D eigenvalue weighted by Crippen LogP contribution is 2.20. The lowest BCUT2D eigenvalue weighted by Gasteiger charge is -2.08. The van der Waals surface area contributed by atoms with Gasteiger partial charge in [-0.25, -0.2) is 0 Å². The number of para-hydroxylation sites is 2. The van der Waals surface area contributed by atoms with Crippen LogP contribution >= 0.6 is 36.2 Å². The van der Waals surface area contributed by atoms with Crippen molar-refractivity contribution >= 4 is 36.2 Å². The second-order valence-corrected chi connectivity index (χ2v) is 7.48. The predicted octanol–water partition coefficient (Wildman–Crippen LogP) is 4.61. The van der Waals surface area contributed by atoms with Crippen molar-refractivity contribution in [2.24, 2.45) is 0 Å². The molecule has 2 aromatic carbocycles. The molecule has 136 valence electrons. The highest BCUT2D eigenvalue weighted by Gasteiger charge is 2.11. The van der Waals surface area contributed by atoms with Gasteiger partial charge in [0.25, 0.3) is 0 Å². The first kappa shape index (κ1) is 17.9. The first-order chi connectivity index (χ1) is 13.2. The number of hydrogen-bond acceptors (Lipinski definition) is 5. The Hall–Kier alpha value is -2.49. The van der Waals surface area contributed by atoms with Gasteiger partial charge in [0.2, 0.25) is 0 Å². The summed E-state index contributed by atoms with van der Waals surface area (Å²) in [5.41, 5.74) is 2.00. The fourth-order valence-corrected chi connectivity index (χ4v) is 4.14. The van der Waals surface area contributed by atoms with Crippen LogP contribution in [0.3, 0.4) is 0 Å². The summed E-state index contributed by atoms with van der Waals surface area (Å²) < 4.78 is 5.08. The summed E-state index contributed by atoms with van der Waals surface area (Å²) in [6.07, 6.45) is 0. The number of aromatic nitrogens is 6. The normalized spacial score (nSPS) is 11.0. The van der Waals surface area contributed by atoms with Crippen LogP contribution in [0.15, 0.2) is 60.7 Å². The van der Waals surface area contributed by atoms with Gasteiger partial charge in [-0.15, -0.1) is 11.8 Å². The minimum atomic E-state index is 0.587. The minimum Gasteiger partial charge on any atom is -0.271 e. The molecule has 0 spiro atoms. The summed E-state index contributed by atoms with van der Waals surface area (Å²) in [6.45, 7) is 0. The molecule has 4 rings (SSSR count). The van der Waals surface area contributed by atoms with Gasteiger partial charge in [-0.2, -0.15) is 10.2 Å². The Labute approximate surface area is 170 Å². The molecule has 0 aliphatic carbocycles. The third-order valence-electron chi connectivity index (χ3n) is 3.97. The summed E-state index contributed by atoms with van der Waals surface area (Å²) in [6, 6.07) is 20.0. The fraction of sp³-hybridized carbons (Fsp3) is 0.111. The van der Waals surface area contributed by atoms with E-state index < -0.39 is 0 Å². The van der Waals surface area contributed by atoms with Crippen molar-refractivity contribution in [1.29, 1.82) is 0 Å². The van der Waals surface area contributed by atoms with Gasteiger partial charge in [0.1, 0.15) is 11.6 Å². The van der Waals surface area contributed by atoms with Gasteiger partial charge in [-0.05, 0) is 48.7 Å². The van der Waals surface area contributed by atoms with E-state index in [1.54, 1.807) is 11.8 Å². The van der Waals surface area contributed by atoms with Gasteiger partial charge in [0.15, 0.2) is 9.54 Å². The fourth-order valence-electron chi connectivity index (χ4n) is 2.77. The molecule has 2 N–H and O–H groups in total. The maximum Gasteiger partial charge on any atom is 0.199 e. The lowest BCUT2D eigenvalue weighted by Crippen LogP contribution is -2.02. The van der Waals surface area contributed by atoms with Crippen LogP contribution in [-0.4, -0.2) is 29.5 Å². The number of rotatable bonds is 6. The molecule has 0 fully saturated rings. The quantitative estimate of drug-likeness (QED) is 0.453. The number of benzene rings is 2. The van der Waals surface area contributed by atoms with Crippen LogP contribution in [0, 0.1) is 9.54 Å². The van der Waals surface area contributed by atoms with Crippen LogP contribution in [-0.2, 0) is 11.5 Å². The second kappa shape index (κ2) is 8.03. The first-order valence-corrected chi connectivity index (χ1v) is 10.2. The van der Waals surface area contributed by atoms with Crippen LogP contribution in [0.2, 0.25) is 0 Å². The first-order valence-electron chi connectivity index (χ1n) is 8.25. The van der Waals surface area contributed by atoms with Gasteiger partial charge < -0.3 is 0 Å². The Kier molecular flexibility index (Phi) is 5.33. The van der Waals surface area contributed by atoms with E-state index in [-0.39, 0.29) is 0 Å². The van der Waals surface area contributed by atoms with Crippen molar-refractivity contribution < 1.29 is 0 Å². The number of H-pyrrole nitrogens is 2. The molecule has 0 aliphatic rings. The topological polar surface area (TPSA) is 67.2 Å². The summed E-state index contributed by atoms with van der Waals surface area (Å²) >= 11 is 12.5. The molecule has 9 heteroatoms. The average Bonchev–Trinajstić information content (AvgIpc) is 3.26. The summed E-state index contributed by atoms with van der Waals surface area (Å²) in [5, 5.41) is 14.5. The van der Waals surface area contributed by atoms with Crippen molar-refractivity contribution in [2.45, 2.75) is 11.5 Å². The summed E-state index contributed by atoms with van der Waals surface area (Å²) in [5.74, 6) is 3.13. The van der Waals surface area contributed by atoms with E-state index in [1.807, 2.05) is 69.8 Å². The predicted molar refractivity (Wildman–Crippen MR) is 112 cm³/mol. The molecule has 0 aliphatic heterocycles. The van der Waals surface area contributed by atoms with Crippen molar-refractivity contribution in [2.75, 3.05) is 0 Å². The van der Waals surface area contributed by atoms with E-state index in [0.717, 1.165) is 23.0 Å². The SMILES string of the molecule is S=c1[nH]nc(CSCc2n[nH]c(=S)n2-c2ccccc2)n1-c1ccccc1. The van der Waals surface area contributed by atoms with Crippen LogP contribution in [0.25, 0.3) is 11.4 Å². The number of thioether (sulfide) groups is 1. The Bertz CT molecular complexity index is 1050. The lowest BCUT2D eigenvalue weighted by molar-refractivity contribution is 0.934. The number of hydrogen-bond donors (Lipinski definition) is 2. The monoisotopic (exact) mass is 412 g/mol. The number of nitrogens with one attached hydrogen (secondary N) is 2. The van der Waals surface area contributed by atoms with E-state index in [4.69, 9.17) is 24.4 Å². The van der Waals surface area contributed by atoms with Gasteiger partial charge >= 0.3 is 0 Å². The molecule has 2 heterocycles. The van der Waals surface area contributed by atoms with Crippen LogP contribution in [0.1, 0.15) is 11.6 Å². The van der Waals surface area contributed by atoms with Crippen molar-refractivity contribution in [1.82, 2.24) is 29.5 Å². The van der Waals surface area contributed by atoms with E-state index >= 15 is 0 Å². The average molecular weight is 413 g/mol. The van der Waals surface area contributed by atoms with E-state index in [0.29, 0.717) is 21.0 Å². The summed E-state index contributed by atoms with van der Waals surface area (Å²) in [4.78, 5) is 0. The molecule has 0 radical (unpaired) electrons. The van der Waals surface area contributed by atoms with Crippen molar-refractivity contribution in [3.05, 3.63) is 81.9 Å². The molecule has 6 nitrogen and oxygen atoms in total. The van der Waals surface area contributed by atoms with E-state index in [2.05, 4.69) is 20.4 Å². The maximum atomic E-state index is 5.39. The standard InChI is InChI=1S/C18H16N6S3/c25-17-21-19-15(23(17)13-7-3-1-4-8-13)11-27-12-16-20-22-18(26)24(16)14-9-5-2-6-10-14/h1-10H,11-12H2,(H,21,25)(H,22,26). The van der Waals surface area contributed by atoms with E-state index in [9.17, 15) is 0 Å². The molecule has 27 heavy (non-hydrogen) atoms. The van der Waals surface area contributed by atoms with Crippen molar-refractivity contribution in [3.8, 4) is 11.4 Å². The molecule has 0 unspecified atom stereocenters. The van der Waals surface area contributed by atoms with Crippen LogP contribution in [0.4, 0.5) is 0 Å². The van der Waals surface area contributed by atoms with Gasteiger partial charge in [-0.1, -0.05) is 36.4 Å². The smallest absolute Gasteiger partial charge is 0.199 e. The molecule has 0 bridgehead atoms. The van der Waals surface area contributed by atoms with Crippen LogP contribution < -0.4 is 0 Å². The number of nitrogens with zero attached hydrogens (tertiary/aromatic N) is 4. The molecule has 0 saturated heterocycles. The maximum absolute atomic E-state index is 5.39. The zero-order chi connectivity index (χ0) is 18.6. The molecular weight excluding hydrogens is 396 g/mol. The molecular formula is C18H16N6S3. The number of aromatic amines is 2. The largest absolute Gasteiger partial charge is 0.271 e. The zero-order valence-corrected chi connectivity index (χ0v) is 16.7. The second-order valence-electron chi connectivity index (χ2n) is 5.72. The summed E-state index contributed by atoms with van der Waals surface area (Å²) in [7, 11) is 0. The van der Waals surface area contributed by atoms with E-state index in [1.165, 1.54) is 0 Å². The van der Waals surface area contributed by atoms with Crippen molar-refractivity contribution in [3.63, 3.8) is 0 Å². The van der Waals surface area contributed by atoms with Gasteiger partial charge in [0, 0.05) is 11.4 Å². The Morgan fingerprint density at radius 1 is 0.704 bits per heavy atom. The third kappa shape index (κ3) is 3.80. The molecule has 0 amide bonds. The third-order valence-corrected chi connectivity index (χ3v) is 5.45. The lowest BCUT2D eigenvalue weighted by atomic mass is 10.3. The Morgan fingerprint density at radius 3 is 1.52 bits per heavy atom.